The topological polar surface area (TPSA) is 58.6 Å². The molecule has 5 nitrogen and oxygen atoms in total. The number of piperidine rings is 1. The van der Waals surface area contributed by atoms with Crippen LogP contribution in [0.15, 0.2) is 48.5 Å². The van der Waals surface area contributed by atoms with Gasteiger partial charge in [0, 0.05) is 19.6 Å². The smallest absolute Gasteiger partial charge is 0.227 e. The summed E-state index contributed by atoms with van der Waals surface area (Å²) in [5.41, 5.74) is 1.10. The molecule has 0 radical (unpaired) electrons. The summed E-state index contributed by atoms with van der Waals surface area (Å²) < 4.78 is 18.3. The van der Waals surface area contributed by atoms with Crippen LogP contribution in [0.4, 0.5) is 4.39 Å². The van der Waals surface area contributed by atoms with Crippen LogP contribution >= 0.6 is 0 Å². The maximum atomic E-state index is 13.1. The molecule has 6 heteroatoms. The van der Waals surface area contributed by atoms with E-state index in [1.807, 2.05) is 31.2 Å². The van der Waals surface area contributed by atoms with Crippen molar-refractivity contribution in [1.29, 1.82) is 0 Å². The Morgan fingerprint density at radius 3 is 2.66 bits per heavy atom. The largest absolute Gasteiger partial charge is 0.497 e. The molecule has 0 bridgehead atoms. The molecule has 0 saturated carbocycles. The first-order valence-corrected chi connectivity index (χ1v) is 9.83. The molecule has 1 saturated heterocycles. The zero-order chi connectivity index (χ0) is 20.9. The highest BCUT2D eigenvalue weighted by molar-refractivity contribution is 5.84. The highest BCUT2D eigenvalue weighted by Crippen LogP contribution is 2.30. The number of hydrogen-bond donors (Lipinski definition) is 1. The fourth-order valence-corrected chi connectivity index (χ4v) is 3.70. The van der Waals surface area contributed by atoms with Gasteiger partial charge in [-0.1, -0.05) is 24.3 Å². The lowest BCUT2D eigenvalue weighted by atomic mass is 9.80. The Labute approximate surface area is 170 Å². The van der Waals surface area contributed by atoms with Crippen LogP contribution in [0.2, 0.25) is 0 Å². The summed E-state index contributed by atoms with van der Waals surface area (Å²) in [6.07, 6.45) is 1.72. The lowest BCUT2D eigenvalue weighted by Gasteiger charge is -2.39. The van der Waals surface area contributed by atoms with Crippen molar-refractivity contribution < 1.29 is 18.7 Å². The number of nitrogens with one attached hydrogen (secondary N) is 1. The molecule has 2 amide bonds. The standard InChI is InChI=1S/C23H27FN2O3/c1-23(22(28)25-15-18-5-3-6-20(13-18)29-2)11-4-12-26(16-23)21(27)14-17-7-9-19(24)10-8-17/h3,5-10,13H,4,11-12,14-16H2,1-2H3,(H,25,28). The van der Waals surface area contributed by atoms with E-state index in [2.05, 4.69) is 5.32 Å². The van der Waals surface area contributed by atoms with Crippen molar-refractivity contribution in [2.45, 2.75) is 32.7 Å². The monoisotopic (exact) mass is 398 g/mol. The summed E-state index contributed by atoms with van der Waals surface area (Å²) in [5.74, 6) is 0.334. The molecule has 3 rings (SSSR count). The van der Waals surface area contributed by atoms with Crippen molar-refractivity contribution in [2.24, 2.45) is 5.41 Å². The van der Waals surface area contributed by atoms with Crippen LogP contribution in [-0.2, 0) is 22.6 Å². The van der Waals surface area contributed by atoms with E-state index in [4.69, 9.17) is 4.74 Å². The average Bonchev–Trinajstić information content (AvgIpc) is 2.73. The maximum absolute atomic E-state index is 13.1. The van der Waals surface area contributed by atoms with Crippen molar-refractivity contribution in [3.63, 3.8) is 0 Å². The van der Waals surface area contributed by atoms with Gasteiger partial charge < -0.3 is 15.0 Å². The molecule has 1 atom stereocenters. The zero-order valence-corrected chi connectivity index (χ0v) is 16.9. The molecule has 0 spiro atoms. The summed E-state index contributed by atoms with van der Waals surface area (Å²) >= 11 is 0. The Hall–Kier alpha value is -2.89. The SMILES string of the molecule is COc1cccc(CNC(=O)C2(C)CCCN(C(=O)Cc3ccc(F)cc3)C2)c1. The van der Waals surface area contributed by atoms with E-state index in [-0.39, 0.29) is 24.1 Å². The van der Waals surface area contributed by atoms with Gasteiger partial charge in [0.2, 0.25) is 11.8 Å². The normalized spacial score (nSPS) is 18.9. The maximum Gasteiger partial charge on any atom is 0.227 e. The second kappa shape index (κ2) is 9.07. The second-order valence-corrected chi connectivity index (χ2v) is 7.82. The van der Waals surface area contributed by atoms with Gasteiger partial charge >= 0.3 is 0 Å². The highest BCUT2D eigenvalue weighted by atomic mass is 19.1. The first-order chi connectivity index (χ1) is 13.9. The minimum absolute atomic E-state index is 0.0388. The van der Waals surface area contributed by atoms with Gasteiger partial charge in [0.25, 0.3) is 0 Å². The van der Waals surface area contributed by atoms with Crippen LogP contribution in [0.3, 0.4) is 0 Å². The van der Waals surface area contributed by atoms with E-state index >= 15 is 0 Å². The van der Waals surface area contributed by atoms with Crippen LogP contribution in [0, 0.1) is 11.2 Å². The van der Waals surface area contributed by atoms with Crippen LogP contribution in [0.5, 0.6) is 5.75 Å². The van der Waals surface area contributed by atoms with Gasteiger partial charge in [0.1, 0.15) is 11.6 Å². The van der Waals surface area contributed by atoms with E-state index in [0.29, 0.717) is 19.6 Å². The molecule has 1 heterocycles. The average molecular weight is 398 g/mol. The first kappa shape index (κ1) is 20.8. The van der Waals surface area contributed by atoms with Crippen molar-refractivity contribution in [3.8, 4) is 5.75 Å². The second-order valence-electron chi connectivity index (χ2n) is 7.82. The van der Waals surface area contributed by atoms with E-state index in [0.717, 1.165) is 29.7 Å². The van der Waals surface area contributed by atoms with Gasteiger partial charge in [-0.2, -0.15) is 0 Å². The molecule has 1 N–H and O–H groups in total. The van der Waals surface area contributed by atoms with E-state index < -0.39 is 5.41 Å². The van der Waals surface area contributed by atoms with Crippen LogP contribution in [0.1, 0.15) is 30.9 Å². The van der Waals surface area contributed by atoms with E-state index in [1.54, 1.807) is 24.1 Å². The molecule has 2 aromatic carbocycles. The molecule has 29 heavy (non-hydrogen) atoms. The van der Waals surface area contributed by atoms with E-state index in [9.17, 15) is 14.0 Å². The molecule has 0 aliphatic carbocycles. The fraction of sp³-hybridized carbons (Fsp3) is 0.391. The molecule has 2 aromatic rings. The van der Waals surface area contributed by atoms with Gasteiger partial charge in [-0.05, 0) is 55.2 Å². The molecule has 1 unspecified atom stereocenters. The molecule has 0 aromatic heterocycles. The highest BCUT2D eigenvalue weighted by Gasteiger charge is 2.39. The van der Waals surface area contributed by atoms with Gasteiger partial charge in [-0.3, -0.25) is 9.59 Å². The fourth-order valence-electron chi connectivity index (χ4n) is 3.70. The van der Waals surface area contributed by atoms with Crippen LogP contribution in [0.25, 0.3) is 0 Å². The Balaban J connectivity index is 1.59. The Morgan fingerprint density at radius 1 is 1.17 bits per heavy atom. The summed E-state index contributed by atoms with van der Waals surface area (Å²) in [5, 5.41) is 3.00. The van der Waals surface area contributed by atoms with Crippen molar-refractivity contribution in [1.82, 2.24) is 10.2 Å². The molecular weight excluding hydrogens is 371 g/mol. The van der Waals surface area contributed by atoms with Crippen molar-refractivity contribution in [2.75, 3.05) is 20.2 Å². The van der Waals surface area contributed by atoms with Crippen LogP contribution in [-0.4, -0.2) is 36.9 Å². The summed E-state index contributed by atoms with van der Waals surface area (Å²) in [6.45, 7) is 3.34. The van der Waals surface area contributed by atoms with E-state index in [1.165, 1.54) is 12.1 Å². The Kier molecular flexibility index (Phi) is 6.52. The van der Waals surface area contributed by atoms with Gasteiger partial charge in [-0.15, -0.1) is 0 Å². The number of nitrogens with zero attached hydrogens (tertiary/aromatic N) is 1. The number of benzene rings is 2. The molecular formula is C23H27FN2O3. The molecule has 154 valence electrons. The first-order valence-electron chi connectivity index (χ1n) is 9.83. The third-order valence-corrected chi connectivity index (χ3v) is 5.45. The number of amides is 2. The summed E-state index contributed by atoms with van der Waals surface area (Å²) in [7, 11) is 1.61. The summed E-state index contributed by atoms with van der Waals surface area (Å²) in [6, 6.07) is 13.5. The number of methoxy groups -OCH3 is 1. The third-order valence-electron chi connectivity index (χ3n) is 5.45. The molecule has 1 aliphatic heterocycles. The number of hydrogen-bond acceptors (Lipinski definition) is 3. The lowest BCUT2D eigenvalue weighted by molar-refractivity contribution is -0.140. The number of rotatable bonds is 6. The third kappa shape index (κ3) is 5.34. The number of carbonyl (C=O) groups is 2. The van der Waals surface area contributed by atoms with Crippen molar-refractivity contribution in [3.05, 3.63) is 65.5 Å². The number of halogens is 1. The Morgan fingerprint density at radius 2 is 1.93 bits per heavy atom. The number of carbonyl (C=O) groups excluding carboxylic acids is 2. The number of ether oxygens (including phenoxy) is 1. The van der Waals surface area contributed by atoms with Crippen molar-refractivity contribution >= 4 is 11.8 Å². The quantitative estimate of drug-likeness (QED) is 0.812. The molecule has 1 aliphatic rings. The van der Waals surface area contributed by atoms with Gasteiger partial charge in [-0.25, -0.2) is 4.39 Å². The zero-order valence-electron chi connectivity index (χ0n) is 16.9. The minimum Gasteiger partial charge on any atom is -0.497 e. The van der Waals surface area contributed by atoms with Crippen LogP contribution < -0.4 is 10.1 Å². The van der Waals surface area contributed by atoms with Gasteiger partial charge in [0.15, 0.2) is 0 Å². The summed E-state index contributed by atoms with van der Waals surface area (Å²) in [4.78, 5) is 27.3. The van der Waals surface area contributed by atoms with Gasteiger partial charge in [0.05, 0.1) is 18.9 Å². The number of likely N-dealkylation sites (tertiary alicyclic amines) is 1. The Bertz CT molecular complexity index is 869. The predicted octanol–water partition coefficient (Wildman–Crippen LogP) is 3.32. The minimum atomic E-state index is -0.629. The lowest BCUT2D eigenvalue weighted by Crippen LogP contribution is -2.52. The predicted molar refractivity (Wildman–Crippen MR) is 109 cm³/mol. The molecule has 1 fully saturated rings.